The summed E-state index contributed by atoms with van der Waals surface area (Å²) >= 11 is 0. The highest BCUT2D eigenvalue weighted by molar-refractivity contribution is 7.91. The molecule has 1 atom stereocenters. The van der Waals surface area contributed by atoms with Crippen molar-refractivity contribution < 1.29 is 23.1 Å². The molecular formula is C23H24N2O5S. The molecule has 4 rings (SSSR count). The van der Waals surface area contributed by atoms with E-state index < -0.39 is 22.0 Å². The molecule has 2 aromatic carbocycles. The van der Waals surface area contributed by atoms with Crippen molar-refractivity contribution in [2.24, 2.45) is 10.3 Å². The van der Waals surface area contributed by atoms with Gasteiger partial charge in [0.2, 0.25) is 0 Å². The number of aliphatic hydroxyl groups is 1. The van der Waals surface area contributed by atoms with Gasteiger partial charge in [0.15, 0.2) is 0 Å². The van der Waals surface area contributed by atoms with E-state index in [0.29, 0.717) is 6.54 Å². The van der Waals surface area contributed by atoms with Gasteiger partial charge in [0.05, 0.1) is 12.6 Å². The smallest absolute Gasteiger partial charge is 0.287 e. The van der Waals surface area contributed by atoms with E-state index in [2.05, 4.69) is 4.40 Å². The van der Waals surface area contributed by atoms with Crippen LogP contribution in [0.25, 0.3) is 0 Å². The average molecular weight is 441 g/mol. The van der Waals surface area contributed by atoms with Crippen LogP contribution in [0.2, 0.25) is 0 Å². The molecule has 0 radical (unpaired) electrons. The van der Waals surface area contributed by atoms with E-state index >= 15 is 0 Å². The van der Waals surface area contributed by atoms with Crippen molar-refractivity contribution in [3.05, 3.63) is 71.0 Å². The Morgan fingerprint density at radius 2 is 1.84 bits per heavy atom. The van der Waals surface area contributed by atoms with Crippen LogP contribution in [-0.2, 0) is 21.4 Å². The van der Waals surface area contributed by atoms with Crippen LogP contribution in [0.1, 0.15) is 31.9 Å². The van der Waals surface area contributed by atoms with E-state index in [1.165, 1.54) is 0 Å². The number of sulfonamides is 1. The van der Waals surface area contributed by atoms with Crippen LogP contribution < -0.4 is 4.74 Å². The summed E-state index contributed by atoms with van der Waals surface area (Å²) in [5, 5.41) is 11.1. The largest absolute Gasteiger partial charge is 0.509 e. The maximum absolute atomic E-state index is 13.5. The fourth-order valence-electron chi connectivity index (χ4n) is 4.16. The summed E-state index contributed by atoms with van der Waals surface area (Å²) in [5.41, 5.74) is 1.09. The zero-order chi connectivity index (χ0) is 22.3. The summed E-state index contributed by atoms with van der Waals surface area (Å²) in [6.45, 7) is 6.15. The van der Waals surface area contributed by atoms with Crippen molar-refractivity contribution in [2.45, 2.75) is 38.3 Å². The zero-order valence-corrected chi connectivity index (χ0v) is 18.4. The topological polar surface area (TPSA) is 96.3 Å². The number of fused-ring (bicyclic) bond motifs is 1. The van der Waals surface area contributed by atoms with Crippen molar-refractivity contribution in [3.63, 3.8) is 0 Å². The second-order valence-electron chi connectivity index (χ2n) is 7.85. The van der Waals surface area contributed by atoms with Crippen molar-refractivity contribution in [1.29, 1.82) is 0 Å². The van der Waals surface area contributed by atoms with Gasteiger partial charge in [-0.2, -0.15) is 12.8 Å². The lowest BCUT2D eigenvalue weighted by Gasteiger charge is -2.28. The molecule has 0 fully saturated rings. The lowest BCUT2D eigenvalue weighted by Crippen LogP contribution is -2.38. The Morgan fingerprint density at radius 1 is 1.13 bits per heavy atom. The second-order valence-corrected chi connectivity index (χ2v) is 9.39. The number of carbonyl (C=O) groups excluding carboxylic acids is 1. The monoisotopic (exact) mass is 440 g/mol. The first-order valence-electron chi connectivity index (χ1n) is 10.2. The number of aliphatic hydroxyl groups excluding tert-OH is 1. The fraction of sp³-hybridized carbons (Fsp3) is 0.304. The second kappa shape index (κ2) is 7.85. The summed E-state index contributed by atoms with van der Waals surface area (Å²) in [4.78, 5) is 15.0. The number of carbonyl (C=O) groups is 1. The number of hydrogen-bond acceptors (Lipinski definition) is 5. The van der Waals surface area contributed by atoms with Crippen molar-refractivity contribution in [3.8, 4) is 5.75 Å². The highest BCUT2D eigenvalue weighted by Crippen LogP contribution is 2.40. The van der Waals surface area contributed by atoms with E-state index in [-0.39, 0.29) is 45.8 Å². The number of benzene rings is 2. The van der Waals surface area contributed by atoms with Crippen molar-refractivity contribution in [2.75, 3.05) is 6.61 Å². The van der Waals surface area contributed by atoms with Gasteiger partial charge in [0.25, 0.3) is 15.9 Å². The number of hydrogen-bond donors (Lipinski definition) is 1. The van der Waals surface area contributed by atoms with Gasteiger partial charge in [0, 0.05) is 12.1 Å². The minimum atomic E-state index is -4.06. The predicted molar refractivity (Wildman–Crippen MR) is 117 cm³/mol. The van der Waals surface area contributed by atoms with Crippen molar-refractivity contribution in [1.82, 2.24) is 4.90 Å². The molecule has 0 saturated heterocycles. The van der Waals surface area contributed by atoms with Crippen molar-refractivity contribution >= 4 is 21.6 Å². The molecule has 2 heterocycles. The summed E-state index contributed by atoms with van der Waals surface area (Å²) < 4.78 is 35.0. The van der Waals surface area contributed by atoms with Crippen LogP contribution in [-0.4, -0.2) is 42.7 Å². The highest BCUT2D eigenvalue weighted by atomic mass is 32.2. The minimum Gasteiger partial charge on any atom is -0.509 e. The first kappa shape index (κ1) is 21.1. The molecule has 2 aliphatic rings. The van der Waals surface area contributed by atoms with Gasteiger partial charge in [-0.1, -0.05) is 56.3 Å². The molecule has 0 bridgehead atoms. The molecule has 162 valence electrons. The Labute approximate surface area is 181 Å². The van der Waals surface area contributed by atoms with E-state index in [4.69, 9.17) is 4.74 Å². The van der Waals surface area contributed by atoms with Crippen LogP contribution in [0.5, 0.6) is 5.75 Å². The van der Waals surface area contributed by atoms with Gasteiger partial charge >= 0.3 is 0 Å². The Morgan fingerprint density at radius 3 is 2.48 bits per heavy atom. The quantitative estimate of drug-likeness (QED) is 0.742. The predicted octanol–water partition coefficient (Wildman–Crippen LogP) is 3.46. The van der Waals surface area contributed by atoms with Gasteiger partial charge in [-0.25, -0.2) is 0 Å². The molecule has 7 nitrogen and oxygen atoms in total. The fourth-order valence-corrected chi connectivity index (χ4v) is 5.50. The summed E-state index contributed by atoms with van der Waals surface area (Å²) in [6.07, 6.45) is 0. The first-order chi connectivity index (χ1) is 14.8. The normalized spacial score (nSPS) is 19.7. The zero-order valence-electron chi connectivity index (χ0n) is 17.6. The molecule has 0 unspecified atom stereocenters. The summed E-state index contributed by atoms with van der Waals surface area (Å²) in [6, 6.07) is 13.7. The van der Waals surface area contributed by atoms with Crippen LogP contribution in [0.3, 0.4) is 0 Å². The molecule has 0 saturated carbocycles. The van der Waals surface area contributed by atoms with Crippen LogP contribution in [0.15, 0.2) is 69.2 Å². The molecule has 0 aliphatic carbocycles. The Kier molecular flexibility index (Phi) is 5.35. The molecule has 31 heavy (non-hydrogen) atoms. The van der Waals surface area contributed by atoms with E-state index in [9.17, 15) is 18.3 Å². The lowest BCUT2D eigenvalue weighted by molar-refractivity contribution is -0.128. The molecule has 0 aromatic heterocycles. The molecular weight excluding hydrogens is 416 g/mol. The lowest BCUT2D eigenvalue weighted by atomic mass is 9.98. The first-order valence-corrected chi connectivity index (χ1v) is 11.6. The van der Waals surface area contributed by atoms with Gasteiger partial charge in [-0.3, -0.25) is 4.79 Å². The number of ether oxygens (including phenoxy) is 1. The number of nitrogens with zero attached hydrogens (tertiary/aromatic N) is 2. The third-order valence-electron chi connectivity index (χ3n) is 5.41. The standard InChI is InChI=1S/C23H24N2O5S/c1-4-30-17-12-8-11-16-19(24-31(28,29)22(16)17)18-21(26)20(14(2)3)25(23(18)27)13-15-9-6-5-7-10-15/h5-12,14,20,26H,4,13H2,1-3H3/t20-/m0/s1. The Hall–Kier alpha value is -3.13. The number of amides is 1. The number of rotatable bonds is 6. The Bertz CT molecular complexity index is 1200. The molecule has 1 amide bonds. The molecule has 1 N–H and O–H groups in total. The van der Waals surface area contributed by atoms with E-state index in [0.717, 1.165) is 5.56 Å². The maximum Gasteiger partial charge on any atom is 0.287 e. The van der Waals surface area contributed by atoms with Crippen LogP contribution in [0, 0.1) is 5.92 Å². The van der Waals surface area contributed by atoms with Gasteiger partial charge in [0.1, 0.15) is 27.7 Å². The summed E-state index contributed by atoms with van der Waals surface area (Å²) in [5.74, 6) is -0.493. The minimum absolute atomic E-state index is 0.0275. The molecule has 0 spiro atoms. The summed E-state index contributed by atoms with van der Waals surface area (Å²) in [7, 11) is -4.06. The SMILES string of the molecule is CCOc1cccc2c1S(=O)(=O)N=C2C1=C(O)[C@H](C(C)C)N(Cc2ccccc2)C1=O. The van der Waals surface area contributed by atoms with Gasteiger partial charge < -0.3 is 14.7 Å². The van der Waals surface area contributed by atoms with Gasteiger partial charge in [-0.05, 0) is 24.5 Å². The Balaban J connectivity index is 1.82. The molecule has 2 aliphatic heterocycles. The molecule has 8 heteroatoms. The maximum atomic E-state index is 13.5. The third-order valence-corrected chi connectivity index (χ3v) is 6.77. The highest BCUT2D eigenvalue weighted by Gasteiger charge is 2.46. The molecule has 2 aromatic rings. The van der Waals surface area contributed by atoms with Crippen LogP contribution in [0.4, 0.5) is 0 Å². The third kappa shape index (κ3) is 3.50. The van der Waals surface area contributed by atoms with E-state index in [1.54, 1.807) is 30.0 Å². The van der Waals surface area contributed by atoms with Crippen LogP contribution >= 0.6 is 0 Å². The van der Waals surface area contributed by atoms with E-state index in [1.807, 2.05) is 44.2 Å². The van der Waals surface area contributed by atoms with Gasteiger partial charge in [-0.15, -0.1) is 0 Å². The average Bonchev–Trinajstić information content (AvgIpc) is 3.13.